The Morgan fingerprint density at radius 2 is 2.00 bits per heavy atom. The number of nitrogens with one attached hydrogen (secondary N) is 2. The summed E-state index contributed by atoms with van der Waals surface area (Å²) in [7, 11) is 0. The van der Waals surface area contributed by atoms with Gasteiger partial charge in [0.25, 0.3) is 5.91 Å². The van der Waals surface area contributed by atoms with Crippen LogP contribution in [0.25, 0.3) is 0 Å². The summed E-state index contributed by atoms with van der Waals surface area (Å²) in [6, 6.07) is 11.7. The molecule has 0 spiro atoms. The van der Waals surface area contributed by atoms with E-state index in [2.05, 4.69) is 11.4 Å². The van der Waals surface area contributed by atoms with Gasteiger partial charge in [0.05, 0.1) is 24.9 Å². The molecule has 2 aliphatic rings. The van der Waals surface area contributed by atoms with E-state index in [9.17, 15) is 10.1 Å². The first-order valence-corrected chi connectivity index (χ1v) is 9.20. The quantitative estimate of drug-likeness (QED) is 0.861. The van der Waals surface area contributed by atoms with Gasteiger partial charge < -0.3 is 0 Å². The lowest BCUT2D eigenvalue weighted by atomic mass is 9.95. The van der Waals surface area contributed by atoms with Gasteiger partial charge in [-0.25, -0.2) is 0 Å². The molecule has 1 aromatic rings. The molecule has 0 bridgehead atoms. The van der Waals surface area contributed by atoms with Gasteiger partial charge in [0.1, 0.15) is 0 Å². The zero-order valence-electron chi connectivity index (χ0n) is 13.2. The monoisotopic (exact) mass is 329 g/mol. The molecule has 23 heavy (non-hydrogen) atoms. The highest BCUT2D eigenvalue weighted by atomic mass is 32.2. The maximum absolute atomic E-state index is 12.6. The topological polar surface area (TPSA) is 69.7 Å². The number of benzene rings is 1. The first kappa shape index (κ1) is 16.0. The number of thioether (sulfide) groups is 1. The van der Waals surface area contributed by atoms with Crippen LogP contribution >= 0.6 is 11.8 Å². The average Bonchev–Trinajstić information content (AvgIpc) is 2.62. The highest BCUT2D eigenvalue weighted by Crippen LogP contribution is 2.25. The second kappa shape index (κ2) is 6.73. The molecule has 0 aliphatic carbocycles. The van der Waals surface area contributed by atoms with Crippen molar-refractivity contribution < 1.29 is 9.69 Å². The SMILES string of the molecule is CS[C@]1([NH+]2CCCCC2)N=C(c2ccccc2)C(C#N)C(=O)N1. The number of amides is 1. The van der Waals surface area contributed by atoms with Gasteiger partial charge in [-0.1, -0.05) is 30.3 Å². The lowest BCUT2D eigenvalue weighted by molar-refractivity contribution is -0.941. The fourth-order valence-corrected chi connectivity index (χ4v) is 4.20. The maximum atomic E-state index is 12.6. The van der Waals surface area contributed by atoms with Crippen molar-refractivity contribution in [1.82, 2.24) is 5.32 Å². The average molecular weight is 329 g/mol. The van der Waals surface area contributed by atoms with E-state index in [1.807, 2.05) is 36.6 Å². The molecule has 2 heterocycles. The third-order valence-corrected chi connectivity index (χ3v) is 5.61. The molecular formula is C17H21N4OS+. The van der Waals surface area contributed by atoms with Gasteiger partial charge in [0.15, 0.2) is 5.92 Å². The van der Waals surface area contributed by atoms with Crippen molar-refractivity contribution in [1.29, 1.82) is 5.26 Å². The molecule has 1 unspecified atom stereocenters. The number of rotatable bonds is 3. The van der Waals surface area contributed by atoms with Crippen molar-refractivity contribution in [2.75, 3.05) is 19.3 Å². The maximum Gasteiger partial charge on any atom is 0.322 e. The second-order valence-electron chi connectivity index (χ2n) is 5.93. The van der Waals surface area contributed by atoms with Gasteiger partial charge in [-0.3, -0.25) is 15.0 Å². The van der Waals surface area contributed by atoms with E-state index in [-0.39, 0.29) is 5.91 Å². The zero-order chi connectivity index (χ0) is 16.3. The van der Waals surface area contributed by atoms with Crippen LogP contribution in [0.5, 0.6) is 0 Å². The van der Waals surface area contributed by atoms with Crippen molar-refractivity contribution >= 4 is 23.4 Å². The Morgan fingerprint density at radius 3 is 2.61 bits per heavy atom. The molecule has 2 aliphatic heterocycles. The summed E-state index contributed by atoms with van der Waals surface area (Å²) in [4.78, 5) is 18.8. The molecule has 5 nitrogen and oxygen atoms in total. The zero-order valence-corrected chi connectivity index (χ0v) is 14.0. The Balaban J connectivity index is 2.07. The summed E-state index contributed by atoms with van der Waals surface area (Å²) in [5.74, 6) is -1.09. The minimum absolute atomic E-state index is 0.242. The van der Waals surface area contributed by atoms with Crippen LogP contribution in [0.15, 0.2) is 35.3 Å². The van der Waals surface area contributed by atoms with Crippen molar-refractivity contribution in [3.05, 3.63) is 35.9 Å². The molecule has 1 aromatic carbocycles. The van der Waals surface area contributed by atoms with Crippen molar-refractivity contribution in [2.45, 2.75) is 24.4 Å². The number of carbonyl (C=O) groups excluding carboxylic acids is 1. The lowest BCUT2D eigenvalue weighted by Crippen LogP contribution is -3.22. The van der Waals surface area contributed by atoms with Gasteiger partial charge in [0, 0.05) is 0 Å². The van der Waals surface area contributed by atoms with E-state index in [1.165, 1.54) is 11.3 Å². The predicted octanol–water partition coefficient (Wildman–Crippen LogP) is 0.788. The Morgan fingerprint density at radius 1 is 1.30 bits per heavy atom. The third kappa shape index (κ3) is 2.99. The molecule has 1 amide bonds. The molecule has 6 heteroatoms. The van der Waals surface area contributed by atoms with Gasteiger partial charge in [-0.2, -0.15) is 10.3 Å². The van der Waals surface area contributed by atoms with Gasteiger partial charge in [-0.05, 0) is 42.8 Å². The molecule has 1 fully saturated rings. The van der Waals surface area contributed by atoms with E-state index < -0.39 is 11.0 Å². The van der Waals surface area contributed by atoms with Crippen LogP contribution in [0.3, 0.4) is 0 Å². The second-order valence-corrected chi connectivity index (χ2v) is 6.93. The van der Waals surface area contributed by atoms with E-state index in [0.29, 0.717) is 5.71 Å². The summed E-state index contributed by atoms with van der Waals surface area (Å²) in [6.07, 6.45) is 5.50. The normalized spacial score (nSPS) is 28.6. The minimum atomic E-state index is -0.845. The molecule has 1 saturated heterocycles. The number of quaternary nitrogens is 1. The number of piperidine rings is 1. The number of hydrogen-bond donors (Lipinski definition) is 2. The van der Waals surface area contributed by atoms with Gasteiger partial charge in [-0.15, -0.1) is 0 Å². The Kier molecular flexibility index (Phi) is 4.69. The number of aliphatic imine (C=N–C) groups is 1. The first-order valence-electron chi connectivity index (χ1n) is 7.97. The molecular weight excluding hydrogens is 308 g/mol. The lowest BCUT2D eigenvalue weighted by Gasteiger charge is -2.41. The molecule has 0 radical (unpaired) electrons. The van der Waals surface area contributed by atoms with Crippen LogP contribution in [-0.2, 0) is 4.79 Å². The summed E-state index contributed by atoms with van der Waals surface area (Å²) >= 11 is 1.55. The highest BCUT2D eigenvalue weighted by Gasteiger charge is 2.48. The first-order chi connectivity index (χ1) is 11.2. The van der Waals surface area contributed by atoms with Crippen LogP contribution in [0, 0.1) is 17.2 Å². The van der Waals surface area contributed by atoms with E-state index in [0.717, 1.165) is 31.5 Å². The van der Waals surface area contributed by atoms with Gasteiger partial charge >= 0.3 is 5.12 Å². The molecule has 0 aromatic heterocycles. The predicted molar refractivity (Wildman–Crippen MR) is 91.0 cm³/mol. The van der Waals surface area contributed by atoms with E-state index in [1.54, 1.807) is 11.8 Å². The Hall–Kier alpha value is -1.84. The molecule has 2 atom stereocenters. The summed E-state index contributed by atoms with van der Waals surface area (Å²) in [5.41, 5.74) is 1.44. The number of likely N-dealkylation sites (tertiary alicyclic amines) is 1. The number of carbonyl (C=O) groups is 1. The fourth-order valence-electron chi connectivity index (χ4n) is 3.31. The third-order valence-electron chi connectivity index (χ3n) is 4.54. The van der Waals surface area contributed by atoms with Crippen LogP contribution in [0.2, 0.25) is 0 Å². The van der Waals surface area contributed by atoms with Crippen molar-refractivity contribution in [3.63, 3.8) is 0 Å². The van der Waals surface area contributed by atoms with Gasteiger partial charge in [0.2, 0.25) is 0 Å². The fraction of sp³-hybridized carbons (Fsp3) is 0.471. The highest BCUT2D eigenvalue weighted by molar-refractivity contribution is 7.99. The van der Waals surface area contributed by atoms with Crippen LogP contribution in [0.4, 0.5) is 0 Å². The molecule has 0 saturated carbocycles. The standard InChI is InChI=1S/C17H20N4OS/c1-23-17(21-10-6-3-7-11-21)19-15(13-8-4-2-5-9-13)14(12-18)16(22)20-17/h2,4-5,8-9,14H,3,6-7,10-11H2,1H3,(H,20,22)/p+1/t14?,17-/m1/s1. The Bertz CT molecular complexity index is 648. The molecule has 2 N–H and O–H groups in total. The number of nitrogens with zero attached hydrogens (tertiary/aromatic N) is 2. The molecule has 3 rings (SSSR count). The van der Waals surface area contributed by atoms with E-state index >= 15 is 0 Å². The summed E-state index contributed by atoms with van der Waals surface area (Å²) in [5, 5.41) is 11.8. The van der Waals surface area contributed by atoms with Crippen molar-refractivity contribution in [2.24, 2.45) is 10.9 Å². The number of nitriles is 1. The van der Waals surface area contributed by atoms with Crippen LogP contribution < -0.4 is 10.2 Å². The number of hydrogen-bond acceptors (Lipinski definition) is 4. The summed E-state index contributed by atoms with van der Waals surface area (Å²) < 4.78 is 0. The molecule has 120 valence electrons. The van der Waals surface area contributed by atoms with Crippen LogP contribution in [0.1, 0.15) is 24.8 Å². The minimum Gasteiger partial charge on any atom is -0.284 e. The van der Waals surface area contributed by atoms with Crippen molar-refractivity contribution in [3.8, 4) is 6.07 Å². The van der Waals surface area contributed by atoms with Crippen LogP contribution in [-0.4, -0.2) is 36.1 Å². The largest absolute Gasteiger partial charge is 0.322 e. The van der Waals surface area contributed by atoms with E-state index in [4.69, 9.17) is 4.99 Å². The Labute approximate surface area is 140 Å². The summed E-state index contributed by atoms with van der Waals surface area (Å²) in [6.45, 7) is 1.98. The smallest absolute Gasteiger partial charge is 0.284 e.